The third-order valence-electron chi connectivity index (χ3n) is 4.72. The van der Waals surface area contributed by atoms with E-state index in [0.717, 1.165) is 37.9 Å². The standard InChI is InChI=1S/C17H24FNO2/c1-12(19)15-10-13(18)4-5-16(15)21-14-6-9-20-17(11-14)7-2-3-8-17/h4-5,10,12,14H,2-3,6-9,11,19H2,1H3. The molecule has 2 atom stereocenters. The van der Waals surface area contributed by atoms with Gasteiger partial charge in [0.15, 0.2) is 0 Å². The topological polar surface area (TPSA) is 44.5 Å². The van der Waals surface area contributed by atoms with Crippen molar-refractivity contribution < 1.29 is 13.9 Å². The van der Waals surface area contributed by atoms with Gasteiger partial charge in [-0.2, -0.15) is 0 Å². The molecule has 1 spiro atoms. The molecule has 0 bridgehead atoms. The highest BCUT2D eigenvalue weighted by atomic mass is 19.1. The number of hydrogen-bond donors (Lipinski definition) is 1. The molecule has 2 aliphatic rings. The van der Waals surface area contributed by atoms with Crippen molar-refractivity contribution in [2.24, 2.45) is 5.73 Å². The quantitative estimate of drug-likeness (QED) is 0.924. The van der Waals surface area contributed by atoms with Crippen molar-refractivity contribution in [3.05, 3.63) is 29.6 Å². The van der Waals surface area contributed by atoms with E-state index in [-0.39, 0.29) is 23.6 Å². The molecule has 0 radical (unpaired) electrons. The maximum absolute atomic E-state index is 13.4. The van der Waals surface area contributed by atoms with Crippen molar-refractivity contribution in [1.82, 2.24) is 0 Å². The van der Waals surface area contributed by atoms with Crippen LogP contribution >= 0.6 is 0 Å². The van der Waals surface area contributed by atoms with Gasteiger partial charge in [-0.25, -0.2) is 4.39 Å². The second kappa shape index (κ2) is 5.93. The van der Waals surface area contributed by atoms with Gasteiger partial charge >= 0.3 is 0 Å². The summed E-state index contributed by atoms with van der Waals surface area (Å²) >= 11 is 0. The first kappa shape index (κ1) is 14.8. The van der Waals surface area contributed by atoms with Gasteiger partial charge in [-0.05, 0) is 38.0 Å². The highest BCUT2D eigenvalue weighted by molar-refractivity contribution is 5.36. The highest BCUT2D eigenvalue weighted by Crippen LogP contribution is 2.41. The Morgan fingerprint density at radius 3 is 2.86 bits per heavy atom. The first-order chi connectivity index (χ1) is 10.1. The lowest BCUT2D eigenvalue weighted by Crippen LogP contribution is -2.41. The number of benzene rings is 1. The zero-order valence-corrected chi connectivity index (χ0v) is 12.6. The molecule has 0 amide bonds. The Balaban J connectivity index is 1.74. The third kappa shape index (κ3) is 3.22. The molecule has 2 N–H and O–H groups in total. The minimum atomic E-state index is -0.270. The summed E-state index contributed by atoms with van der Waals surface area (Å²) < 4.78 is 25.6. The molecule has 1 aliphatic carbocycles. The van der Waals surface area contributed by atoms with Crippen molar-refractivity contribution in [3.8, 4) is 5.75 Å². The maximum atomic E-state index is 13.4. The van der Waals surface area contributed by atoms with Gasteiger partial charge in [0.05, 0.1) is 12.2 Å². The Morgan fingerprint density at radius 2 is 2.14 bits per heavy atom. The molecule has 3 rings (SSSR count). The summed E-state index contributed by atoms with van der Waals surface area (Å²) in [6.07, 6.45) is 6.72. The lowest BCUT2D eigenvalue weighted by molar-refractivity contribution is -0.108. The van der Waals surface area contributed by atoms with Gasteiger partial charge in [-0.15, -0.1) is 0 Å². The summed E-state index contributed by atoms with van der Waals surface area (Å²) in [7, 11) is 0. The molecule has 1 aromatic carbocycles. The second-order valence-electron chi connectivity index (χ2n) is 6.44. The van der Waals surface area contributed by atoms with E-state index in [9.17, 15) is 4.39 Å². The smallest absolute Gasteiger partial charge is 0.124 e. The van der Waals surface area contributed by atoms with Gasteiger partial charge in [0.1, 0.15) is 17.7 Å². The van der Waals surface area contributed by atoms with Gasteiger partial charge in [0.25, 0.3) is 0 Å². The van der Waals surface area contributed by atoms with Crippen molar-refractivity contribution >= 4 is 0 Å². The molecule has 3 nitrogen and oxygen atoms in total. The summed E-state index contributed by atoms with van der Waals surface area (Å²) in [5.41, 5.74) is 6.70. The van der Waals surface area contributed by atoms with E-state index >= 15 is 0 Å². The predicted octanol–water partition coefficient (Wildman–Crippen LogP) is 3.72. The van der Waals surface area contributed by atoms with Crippen LogP contribution in [0.25, 0.3) is 0 Å². The fourth-order valence-electron chi connectivity index (χ4n) is 3.61. The largest absolute Gasteiger partial charge is 0.490 e. The molecule has 1 aliphatic heterocycles. The summed E-state index contributed by atoms with van der Waals surface area (Å²) in [5, 5.41) is 0. The van der Waals surface area contributed by atoms with Crippen molar-refractivity contribution in [1.29, 1.82) is 0 Å². The number of halogens is 1. The normalized spacial score (nSPS) is 26.0. The summed E-state index contributed by atoms with van der Waals surface area (Å²) in [5.74, 6) is 0.445. The predicted molar refractivity (Wildman–Crippen MR) is 79.8 cm³/mol. The van der Waals surface area contributed by atoms with E-state index in [1.807, 2.05) is 6.92 Å². The van der Waals surface area contributed by atoms with E-state index in [1.165, 1.54) is 25.0 Å². The second-order valence-corrected chi connectivity index (χ2v) is 6.44. The Labute approximate surface area is 125 Å². The molecule has 2 fully saturated rings. The molecule has 1 saturated heterocycles. The highest BCUT2D eigenvalue weighted by Gasteiger charge is 2.40. The van der Waals surface area contributed by atoms with Crippen LogP contribution in [-0.4, -0.2) is 18.3 Å². The Hall–Kier alpha value is -1.13. The van der Waals surface area contributed by atoms with Crippen LogP contribution in [0.5, 0.6) is 5.75 Å². The molecule has 1 saturated carbocycles. The van der Waals surface area contributed by atoms with Crippen LogP contribution in [0.15, 0.2) is 18.2 Å². The van der Waals surface area contributed by atoms with E-state index < -0.39 is 0 Å². The maximum Gasteiger partial charge on any atom is 0.124 e. The zero-order valence-electron chi connectivity index (χ0n) is 12.6. The van der Waals surface area contributed by atoms with E-state index in [1.54, 1.807) is 6.07 Å². The minimum Gasteiger partial charge on any atom is -0.490 e. The van der Waals surface area contributed by atoms with Crippen LogP contribution in [0.1, 0.15) is 57.1 Å². The summed E-state index contributed by atoms with van der Waals surface area (Å²) in [6.45, 7) is 2.60. The Morgan fingerprint density at radius 1 is 1.38 bits per heavy atom. The van der Waals surface area contributed by atoms with Crippen molar-refractivity contribution in [3.63, 3.8) is 0 Å². The lowest BCUT2D eigenvalue weighted by atomic mass is 9.90. The van der Waals surface area contributed by atoms with E-state index in [4.69, 9.17) is 15.2 Å². The van der Waals surface area contributed by atoms with Crippen LogP contribution in [0.2, 0.25) is 0 Å². The van der Waals surface area contributed by atoms with Gasteiger partial charge in [-0.1, -0.05) is 12.8 Å². The van der Waals surface area contributed by atoms with Crippen LogP contribution in [0.3, 0.4) is 0 Å². The molecule has 116 valence electrons. The van der Waals surface area contributed by atoms with Crippen LogP contribution in [-0.2, 0) is 4.74 Å². The van der Waals surface area contributed by atoms with Gasteiger partial charge in [0.2, 0.25) is 0 Å². The van der Waals surface area contributed by atoms with Gasteiger partial charge in [0, 0.05) is 24.4 Å². The Kier molecular flexibility index (Phi) is 4.18. The van der Waals surface area contributed by atoms with Crippen LogP contribution in [0.4, 0.5) is 4.39 Å². The number of ether oxygens (including phenoxy) is 2. The fraction of sp³-hybridized carbons (Fsp3) is 0.647. The van der Waals surface area contributed by atoms with Crippen LogP contribution < -0.4 is 10.5 Å². The molecular weight excluding hydrogens is 269 g/mol. The van der Waals surface area contributed by atoms with Crippen LogP contribution in [0, 0.1) is 5.82 Å². The SMILES string of the molecule is CC(N)c1cc(F)ccc1OC1CCOC2(CCCC2)C1. The molecule has 4 heteroatoms. The zero-order chi connectivity index (χ0) is 14.9. The summed E-state index contributed by atoms with van der Waals surface area (Å²) in [6, 6.07) is 4.37. The average molecular weight is 293 g/mol. The van der Waals surface area contributed by atoms with E-state index in [0.29, 0.717) is 5.75 Å². The van der Waals surface area contributed by atoms with Crippen molar-refractivity contribution in [2.75, 3.05) is 6.61 Å². The first-order valence-corrected chi connectivity index (χ1v) is 7.94. The molecule has 0 aromatic heterocycles. The van der Waals surface area contributed by atoms with E-state index in [2.05, 4.69) is 0 Å². The summed E-state index contributed by atoms with van der Waals surface area (Å²) in [4.78, 5) is 0. The third-order valence-corrected chi connectivity index (χ3v) is 4.72. The minimum absolute atomic E-state index is 0.0252. The average Bonchev–Trinajstić information content (AvgIpc) is 2.88. The molecule has 1 heterocycles. The molecule has 1 aromatic rings. The molecular formula is C17H24FNO2. The molecule has 21 heavy (non-hydrogen) atoms. The molecule has 2 unspecified atom stereocenters. The van der Waals surface area contributed by atoms with Gasteiger partial charge < -0.3 is 15.2 Å². The van der Waals surface area contributed by atoms with Crippen molar-refractivity contribution in [2.45, 2.75) is 63.2 Å². The monoisotopic (exact) mass is 293 g/mol. The lowest BCUT2D eigenvalue weighted by Gasteiger charge is -2.38. The number of rotatable bonds is 3. The Bertz CT molecular complexity index is 498. The number of nitrogens with two attached hydrogens (primary N) is 1. The van der Waals surface area contributed by atoms with Gasteiger partial charge in [-0.3, -0.25) is 0 Å². The fourth-order valence-corrected chi connectivity index (χ4v) is 3.61. The first-order valence-electron chi connectivity index (χ1n) is 7.94. The number of hydrogen-bond acceptors (Lipinski definition) is 3.